The molecule has 0 bridgehead atoms. The smallest absolute Gasteiger partial charge is 0.164 e. The van der Waals surface area contributed by atoms with Crippen LogP contribution in [0.15, 0.2) is 109 Å². The number of hydrogen-bond donors (Lipinski definition) is 0. The van der Waals surface area contributed by atoms with Gasteiger partial charge in [-0.25, -0.2) is 44.9 Å². The molecule has 0 unspecified atom stereocenters. The van der Waals surface area contributed by atoms with Gasteiger partial charge in [0.05, 0.1) is 0 Å². The standard InChI is InChI=1S/C45H45N9/c1-43(2,3)40-50-35(29-20-14-11-15-21-29)48-38(51-40)32-24-16-22-30(26-32)36-46-34(28-18-12-10-13-19-28)47-37(49-36)31-23-17-25-33(27-31)39-52-41(44(4,5)6)54-42(53-39)45(7,8)9/h10-27H,1-9H3. The first-order chi connectivity index (χ1) is 25.6. The van der Waals surface area contributed by atoms with E-state index in [4.69, 9.17) is 44.9 Å². The molecule has 0 saturated heterocycles. The van der Waals surface area contributed by atoms with E-state index in [0.717, 1.165) is 45.0 Å². The second kappa shape index (κ2) is 14.0. The summed E-state index contributed by atoms with van der Waals surface area (Å²) in [6.07, 6.45) is 0. The third-order valence-electron chi connectivity index (χ3n) is 8.74. The Morgan fingerprint density at radius 3 is 0.833 bits per heavy atom. The van der Waals surface area contributed by atoms with Crippen molar-refractivity contribution >= 4 is 0 Å². The molecular weight excluding hydrogens is 667 g/mol. The molecule has 3 heterocycles. The van der Waals surface area contributed by atoms with Crippen molar-refractivity contribution in [3.8, 4) is 68.3 Å². The molecule has 9 nitrogen and oxygen atoms in total. The zero-order valence-corrected chi connectivity index (χ0v) is 32.4. The Kier molecular flexibility index (Phi) is 9.43. The van der Waals surface area contributed by atoms with Crippen molar-refractivity contribution in [1.29, 1.82) is 0 Å². The van der Waals surface area contributed by atoms with Crippen LogP contribution in [0.3, 0.4) is 0 Å². The van der Waals surface area contributed by atoms with Crippen LogP contribution in [0.2, 0.25) is 0 Å². The third kappa shape index (κ3) is 7.95. The first-order valence-corrected chi connectivity index (χ1v) is 18.2. The average molecular weight is 712 g/mol. The van der Waals surface area contributed by atoms with Crippen LogP contribution in [0.5, 0.6) is 0 Å². The average Bonchev–Trinajstić information content (AvgIpc) is 3.17. The topological polar surface area (TPSA) is 116 Å². The van der Waals surface area contributed by atoms with Crippen molar-refractivity contribution in [3.05, 3.63) is 127 Å². The van der Waals surface area contributed by atoms with E-state index in [2.05, 4.69) is 62.3 Å². The SMILES string of the molecule is CC(C)(C)c1nc(-c2ccccc2)nc(-c2cccc(-c3nc(-c4ccccc4)nc(-c4cccc(-c5nc(C(C)(C)C)nc(C(C)(C)C)n5)c4)n3)c2)n1. The van der Waals surface area contributed by atoms with Gasteiger partial charge in [-0.1, -0.05) is 159 Å². The van der Waals surface area contributed by atoms with Crippen molar-refractivity contribution < 1.29 is 0 Å². The molecule has 4 aromatic carbocycles. The molecule has 0 N–H and O–H groups in total. The van der Waals surface area contributed by atoms with Gasteiger partial charge in [0.2, 0.25) is 0 Å². The fourth-order valence-electron chi connectivity index (χ4n) is 5.68. The Labute approximate surface area is 317 Å². The van der Waals surface area contributed by atoms with E-state index in [1.165, 1.54) is 0 Å². The van der Waals surface area contributed by atoms with Crippen LogP contribution in [0.1, 0.15) is 79.8 Å². The minimum Gasteiger partial charge on any atom is -0.217 e. The normalized spacial score (nSPS) is 12.2. The molecule has 9 heteroatoms. The molecule has 54 heavy (non-hydrogen) atoms. The highest BCUT2D eigenvalue weighted by Crippen LogP contribution is 2.32. The number of benzene rings is 4. The lowest BCUT2D eigenvalue weighted by Gasteiger charge is -2.22. The highest BCUT2D eigenvalue weighted by atomic mass is 15.1. The Bertz CT molecular complexity index is 2410. The van der Waals surface area contributed by atoms with E-state index in [1.807, 2.05) is 109 Å². The molecule has 0 radical (unpaired) electrons. The number of nitrogens with zero attached hydrogens (tertiary/aromatic N) is 9. The summed E-state index contributed by atoms with van der Waals surface area (Å²) >= 11 is 0. The summed E-state index contributed by atoms with van der Waals surface area (Å²) in [5, 5.41) is 0. The molecule has 0 aliphatic carbocycles. The Morgan fingerprint density at radius 2 is 0.500 bits per heavy atom. The first-order valence-electron chi connectivity index (χ1n) is 18.2. The van der Waals surface area contributed by atoms with Crippen molar-refractivity contribution in [2.75, 3.05) is 0 Å². The Morgan fingerprint density at radius 1 is 0.259 bits per heavy atom. The summed E-state index contributed by atoms with van der Waals surface area (Å²) in [5.74, 6) is 5.69. The summed E-state index contributed by atoms with van der Waals surface area (Å²) in [6, 6.07) is 36.1. The molecular formula is C45H45N9. The fourth-order valence-corrected chi connectivity index (χ4v) is 5.68. The van der Waals surface area contributed by atoms with Crippen LogP contribution in [-0.2, 0) is 16.2 Å². The molecule has 270 valence electrons. The van der Waals surface area contributed by atoms with Gasteiger partial charge in [0.1, 0.15) is 17.5 Å². The van der Waals surface area contributed by atoms with E-state index >= 15 is 0 Å². The summed E-state index contributed by atoms with van der Waals surface area (Å²) in [4.78, 5) is 44.6. The summed E-state index contributed by atoms with van der Waals surface area (Å²) in [7, 11) is 0. The highest BCUT2D eigenvalue weighted by Gasteiger charge is 2.26. The zero-order chi connectivity index (χ0) is 38.3. The molecule has 0 spiro atoms. The molecule has 0 amide bonds. The predicted molar refractivity (Wildman–Crippen MR) is 215 cm³/mol. The minimum absolute atomic E-state index is 0.254. The fraction of sp³-hybridized carbons (Fsp3) is 0.267. The summed E-state index contributed by atoms with van der Waals surface area (Å²) < 4.78 is 0. The number of aromatic nitrogens is 9. The third-order valence-corrected chi connectivity index (χ3v) is 8.74. The van der Waals surface area contributed by atoms with Crippen LogP contribution in [-0.4, -0.2) is 44.9 Å². The number of hydrogen-bond acceptors (Lipinski definition) is 9. The second-order valence-electron chi connectivity index (χ2n) is 16.6. The lowest BCUT2D eigenvalue weighted by molar-refractivity contribution is 0.497. The van der Waals surface area contributed by atoms with Gasteiger partial charge in [0.25, 0.3) is 0 Å². The molecule has 0 fully saturated rings. The van der Waals surface area contributed by atoms with Crippen LogP contribution < -0.4 is 0 Å². The molecule has 3 aromatic heterocycles. The lowest BCUT2D eigenvalue weighted by Crippen LogP contribution is -2.24. The van der Waals surface area contributed by atoms with Gasteiger partial charge in [-0.05, 0) is 12.1 Å². The Balaban J connectivity index is 1.36. The van der Waals surface area contributed by atoms with Crippen LogP contribution in [0.25, 0.3) is 68.3 Å². The highest BCUT2D eigenvalue weighted by molar-refractivity contribution is 5.72. The Hall–Kier alpha value is -6.09. The van der Waals surface area contributed by atoms with Crippen LogP contribution in [0.4, 0.5) is 0 Å². The van der Waals surface area contributed by atoms with Gasteiger partial charge in [0.15, 0.2) is 34.9 Å². The van der Waals surface area contributed by atoms with E-state index in [0.29, 0.717) is 40.8 Å². The monoisotopic (exact) mass is 711 g/mol. The molecule has 0 saturated carbocycles. The van der Waals surface area contributed by atoms with Crippen LogP contribution in [0, 0.1) is 0 Å². The maximum atomic E-state index is 5.08. The molecule has 7 rings (SSSR count). The van der Waals surface area contributed by atoms with Gasteiger partial charge in [-0.2, -0.15) is 0 Å². The molecule has 0 aliphatic heterocycles. The van der Waals surface area contributed by atoms with Gasteiger partial charge in [0, 0.05) is 49.6 Å². The first kappa shape index (κ1) is 36.3. The lowest BCUT2D eigenvalue weighted by atomic mass is 9.93. The van der Waals surface area contributed by atoms with Crippen molar-refractivity contribution in [3.63, 3.8) is 0 Å². The quantitative estimate of drug-likeness (QED) is 0.166. The van der Waals surface area contributed by atoms with E-state index in [1.54, 1.807) is 0 Å². The van der Waals surface area contributed by atoms with Gasteiger partial charge < -0.3 is 0 Å². The summed E-state index contributed by atoms with van der Waals surface area (Å²) in [6.45, 7) is 19.0. The zero-order valence-electron chi connectivity index (χ0n) is 32.4. The summed E-state index contributed by atoms with van der Waals surface area (Å²) in [5.41, 5.74) is 4.34. The van der Waals surface area contributed by atoms with E-state index in [-0.39, 0.29) is 16.2 Å². The maximum absolute atomic E-state index is 5.08. The van der Waals surface area contributed by atoms with Crippen LogP contribution >= 0.6 is 0 Å². The second-order valence-corrected chi connectivity index (χ2v) is 16.6. The molecule has 0 aliphatic rings. The van der Waals surface area contributed by atoms with E-state index < -0.39 is 0 Å². The predicted octanol–water partition coefficient (Wildman–Crippen LogP) is 10.1. The van der Waals surface area contributed by atoms with Gasteiger partial charge in [-0.15, -0.1) is 0 Å². The molecule has 0 atom stereocenters. The van der Waals surface area contributed by atoms with Gasteiger partial charge in [-0.3, -0.25) is 0 Å². The largest absolute Gasteiger partial charge is 0.217 e. The number of rotatable bonds is 6. The maximum Gasteiger partial charge on any atom is 0.164 e. The molecule has 7 aromatic rings. The van der Waals surface area contributed by atoms with Gasteiger partial charge >= 0.3 is 0 Å². The van der Waals surface area contributed by atoms with Crippen molar-refractivity contribution in [2.45, 2.75) is 78.6 Å². The van der Waals surface area contributed by atoms with Crippen molar-refractivity contribution in [1.82, 2.24) is 44.9 Å². The van der Waals surface area contributed by atoms with E-state index in [9.17, 15) is 0 Å². The minimum atomic E-state index is -0.287. The van der Waals surface area contributed by atoms with Crippen molar-refractivity contribution in [2.24, 2.45) is 0 Å².